The zero-order valence-corrected chi connectivity index (χ0v) is 9.55. The summed E-state index contributed by atoms with van der Waals surface area (Å²) in [6.45, 7) is 2.69. The Morgan fingerprint density at radius 1 is 1.60 bits per heavy atom. The number of rotatable bonds is 7. The predicted molar refractivity (Wildman–Crippen MR) is 63.2 cm³/mol. The maximum Gasteiger partial charge on any atom is 0.184 e. The van der Waals surface area contributed by atoms with Gasteiger partial charge in [-0.25, -0.2) is 4.98 Å². The molecule has 3 N–H and O–H groups in total. The van der Waals surface area contributed by atoms with Crippen LogP contribution in [-0.4, -0.2) is 24.7 Å². The fraction of sp³-hybridized carbons (Fsp3) is 0.700. The monoisotopic (exact) mass is 227 g/mol. The first-order valence-corrected chi connectivity index (χ1v) is 6.19. The van der Waals surface area contributed by atoms with E-state index in [1.54, 1.807) is 6.20 Å². The summed E-state index contributed by atoms with van der Waals surface area (Å²) in [4.78, 5) is 4.11. The smallest absolute Gasteiger partial charge is 0.184 e. The van der Waals surface area contributed by atoms with Crippen LogP contribution in [0.3, 0.4) is 0 Å². The Morgan fingerprint density at radius 3 is 3.13 bits per heavy atom. The summed E-state index contributed by atoms with van der Waals surface area (Å²) in [5.41, 5.74) is 5.56. The standard InChI is InChI=1S/C10H17N3OS/c11-9-6-13-10(15-9)12-4-1-5-14-7-8-2-3-8/h6,8H,1-5,7,11H2,(H,12,13). The quantitative estimate of drug-likeness (QED) is 0.699. The average molecular weight is 227 g/mol. The molecule has 5 heteroatoms. The third-order valence-electron chi connectivity index (χ3n) is 2.32. The number of nitrogen functional groups attached to an aromatic ring is 1. The summed E-state index contributed by atoms with van der Waals surface area (Å²) >= 11 is 1.48. The molecular formula is C10H17N3OS. The first-order chi connectivity index (χ1) is 7.34. The second-order valence-corrected chi connectivity index (χ2v) is 4.93. The summed E-state index contributed by atoms with van der Waals surface area (Å²) in [6, 6.07) is 0. The van der Waals surface area contributed by atoms with Crippen molar-refractivity contribution < 1.29 is 4.74 Å². The number of hydrogen-bond donors (Lipinski definition) is 2. The fourth-order valence-electron chi connectivity index (χ4n) is 1.27. The highest BCUT2D eigenvalue weighted by atomic mass is 32.1. The zero-order valence-electron chi connectivity index (χ0n) is 8.74. The number of hydrogen-bond acceptors (Lipinski definition) is 5. The van der Waals surface area contributed by atoms with Gasteiger partial charge in [0.05, 0.1) is 6.20 Å². The summed E-state index contributed by atoms with van der Waals surface area (Å²) in [5, 5.41) is 4.87. The molecule has 0 spiro atoms. The van der Waals surface area contributed by atoms with Crippen molar-refractivity contribution in [1.29, 1.82) is 0 Å². The summed E-state index contributed by atoms with van der Waals surface area (Å²) in [5.74, 6) is 0.858. The number of nitrogens with two attached hydrogens (primary N) is 1. The third kappa shape index (κ3) is 4.05. The van der Waals surface area contributed by atoms with Crippen LogP contribution >= 0.6 is 11.3 Å². The molecular weight excluding hydrogens is 210 g/mol. The van der Waals surface area contributed by atoms with Crippen molar-refractivity contribution in [3.05, 3.63) is 6.20 Å². The van der Waals surface area contributed by atoms with E-state index in [-0.39, 0.29) is 0 Å². The Balaban J connectivity index is 1.47. The van der Waals surface area contributed by atoms with E-state index in [1.165, 1.54) is 24.2 Å². The lowest BCUT2D eigenvalue weighted by atomic mass is 10.4. The second-order valence-electron chi connectivity index (χ2n) is 3.87. The van der Waals surface area contributed by atoms with E-state index in [0.29, 0.717) is 0 Å². The van der Waals surface area contributed by atoms with Crippen molar-refractivity contribution in [2.75, 3.05) is 30.8 Å². The molecule has 0 atom stereocenters. The van der Waals surface area contributed by atoms with Crippen molar-refractivity contribution in [3.8, 4) is 0 Å². The van der Waals surface area contributed by atoms with Crippen LogP contribution in [0.25, 0.3) is 0 Å². The van der Waals surface area contributed by atoms with Crippen LogP contribution in [0.2, 0.25) is 0 Å². The Kier molecular flexibility index (Phi) is 3.80. The van der Waals surface area contributed by atoms with Crippen LogP contribution in [-0.2, 0) is 4.74 Å². The second kappa shape index (κ2) is 5.32. The SMILES string of the molecule is Nc1cnc(NCCCOCC2CC2)s1. The normalized spacial score (nSPS) is 15.5. The van der Waals surface area contributed by atoms with Gasteiger partial charge >= 0.3 is 0 Å². The van der Waals surface area contributed by atoms with Crippen LogP contribution in [0.5, 0.6) is 0 Å². The van der Waals surface area contributed by atoms with Gasteiger partial charge in [0.25, 0.3) is 0 Å². The molecule has 1 fully saturated rings. The molecule has 0 radical (unpaired) electrons. The minimum Gasteiger partial charge on any atom is -0.389 e. The van der Waals surface area contributed by atoms with Gasteiger partial charge in [-0.1, -0.05) is 11.3 Å². The van der Waals surface area contributed by atoms with E-state index in [0.717, 1.165) is 42.2 Å². The molecule has 1 saturated carbocycles. The molecule has 2 rings (SSSR count). The van der Waals surface area contributed by atoms with Gasteiger partial charge in [-0.15, -0.1) is 0 Å². The highest BCUT2D eigenvalue weighted by Gasteiger charge is 2.20. The number of ether oxygens (including phenoxy) is 1. The predicted octanol–water partition coefficient (Wildman–Crippen LogP) is 1.95. The minimum absolute atomic E-state index is 0.752. The Morgan fingerprint density at radius 2 is 2.47 bits per heavy atom. The highest BCUT2D eigenvalue weighted by Crippen LogP contribution is 2.28. The summed E-state index contributed by atoms with van der Waals surface area (Å²) < 4.78 is 5.52. The lowest BCUT2D eigenvalue weighted by Crippen LogP contribution is -2.06. The van der Waals surface area contributed by atoms with Crippen LogP contribution in [0.4, 0.5) is 10.1 Å². The number of nitrogens with zero attached hydrogens (tertiary/aromatic N) is 1. The van der Waals surface area contributed by atoms with E-state index in [1.807, 2.05) is 0 Å². The number of thiazole rings is 1. The number of aromatic nitrogens is 1. The van der Waals surface area contributed by atoms with E-state index >= 15 is 0 Å². The fourth-order valence-corrected chi connectivity index (χ4v) is 1.88. The van der Waals surface area contributed by atoms with Crippen LogP contribution in [0.1, 0.15) is 19.3 Å². The zero-order chi connectivity index (χ0) is 10.5. The van der Waals surface area contributed by atoms with Gasteiger partial charge in [-0.3, -0.25) is 0 Å². The van der Waals surface area contributed by atoms with Gasteiger partial charge in [-0.05, 0) is 25.2 Å². The van der Waals surface area contributed by atoms with Gasteiger partial charge in [0.2, 0.25) is 0 Å². The minimum atomic E-state index is 0.752. The number of anilines is 2. The maximum atomic E-state index is 5.56. The third-order valence-corrected chi connectivity index (χ3v) is 3.10. The van der Waals surface area contributed by atoms with Crippen molar-refractivity contribution in [1.82, 2.24) is 4.98 Å². The molecule has 1 heterocycles. The van der Waals surface area contributed by atoms with E-state index in [9.17, 15) is 0 Å². The number of nitrogens with one attached hydrogen (secondary N) is 1. The molecule has 15 heavy (non-hydrogen) atoms. The van der Waals surface area contributed by atoms with Gasteiger partial charge in [0.15, 0.2) is 5.13 Å². The molecule has 0 aliphatic heterocycles. The van der Waals surface area contributed by atoms with Crippen molar-refractivity contribution in [2.45, 2.75) is 19.3 Å². The van der Waals surface area contributed by atoms with Gasteiger partial charge < -0.3 is 15.8 Å². The maximum absolute atomic E-state index is 5.56. The first-order valence-electron chi connectivity index (χ1n) is 5.37. The Labute approximate surface area is 93.8 Å². The summed E-state index contributed by atoms with van der Waals surface area (Å²) in [7, 11) is 0. The van der Waals surface area contributed by atoms with E-state index < -0.39 is 0 Å². The van der Waals surface area contributed by atoms with E-state index in [2.05, 4.69) is 10.3 Å². The van der Waals surface area contributed by atoms with Crippen molar-refractivity contribution >= 4 is 21.5 Å². The molecule has 84 valence electrons. The molecule has 0 bridgehead atoms. The molecule has 0 aromatic carbocycles. The first kappa shape index (κ1) is 10.7. The van der Waals surface area contributed by atoms with Gasteiger partial charge in [0.1, 0.15) is 5.00 Å². The van der Waals surface area contributed by atoms with E-state index in [4.69, 9.17) is 10.5 Å². The molecule has 1 aliphatic rings. The van der Waals surface area contributed by atoms with Crippen molar-refractivity contribution in [2.24, 2.45) is 5.92 Å². The molecule has 0 amide bonds. The Hall–Kier alpha value is -0.810. The Bertz CT molecular complexity index is 299. The van der Waals surface area contributed by atoms with Crippen LogP contribution < -0.4 is 11.1 Å². The lowest BCUT2D eigenvalue weighted by molar-refractivity contribution is 0.124. The van der Waals surface area contributed by atoms with Gasteiger partial charge in [0, 0.05) is 19.8 Å². The van der Waals surface area contributed by atoms with Gasteiger partial charge in [-0.2, -0.15) is 0 Å². The topological polar surface area (TPSA) is 60.2 Å². The largest absolute Gasteiger partial charge is 0.389 e. The molecule has 1 aromatic rings. The average Bonchev–Trinajstić information content (AvgIpc) is 2.95. The van der Waals surface area contributed by atoms with Crippen LogP contribution in [0, 0.1) is 5.92 Å². The van der Waals surface area contributed by atoms with Crippen LogP contribution in [0.15, 0.2) is 6.20 Å². The van der Waals surface area contributed by atoms with Crippen molar-refractivity contribution in [3.63, 3.8) is 0 Å². The lowest BCUT2D eigenvalue weighted by Gasteiger charge is -2.03. The molecule has 1 aromatic heterocycles. The molecule has 0 saturated heterocycles. The summed E-state index contributed by atoms with van der Waals surface area (Å²) in [6.07, 6.45) is 5.41. The molecule has 0 unspecified atom stereocenters. The molecule has 4 nitrogen and oxygen atoms in total. The highest BCUT2D eigenvalue weighted by molar-refractivity contribution is 7.19. The molecule has 1 aliphatic carbocycles.